The number of nitrogens with one attached hydrogen (secondary N) is 2. The summed E-state index contributed by atoms with van der Waals surface area (Å²) in [5.41, 5.74) is 10.8. The Morgan fingerprint density at radius 3 is 2.39 bits per heavy atom. The molecule has 3 amide bonds. The normalized spacial score (nSPS) is 11.3. The Labute approximate surface area is 220 Å². The van der Waals surface area contributed by atoms with Crippen molar-refractivity contribution in [3.63, 3.8) is 0 Å². The quantitative estimate of drug-likeness (QED) is 0.253. The lowest BCUT2D eigenvalue weighted by atomic mass is 10.00. The second-order valence-electron chi connectivity index (χ2n) is 8.93. The molecule has 0 aliphatic heterocycles. The summed E-state index contributed by atoms with van der Waals surface area (Å²) in [4.78, 5) is 50.2. The first-order chi connectivity index (χ1) is 18.2. The number of aromatic nitrogens is 2. The van der Waals surface area contributed by atoms with Crippen LogP contribution < -0.4 is 16.4 Å². The van der Waals surface area contributed by atoms with Crippen molar-refractivity contribution in [1.82, 2.24) is 15.3 Å². The molecule has 0 saturated heterocycles. The highest BCUT2D eigenvalue weighted by Crippen LogP contribution is 2.28. The number of benzene rings is 2. The van der Waals surface area contributed by atoms with Crippen LogP contribution in [0, 0.1) is 13.8 Å². The number of carbonyl (C=O) groups is 3. The number of carbonyl (C=O) groups excluding carboxylic acids is 3. The molecule has 0 aliphatic rings. The molecule has 2 aromatic carbocycles. The molecule has 0 saturated carbocycles. The van der Waals surface area contributed by atoms with E-state index in [-0.39, 0.29) is 30.6 Å². The van der Waals surface area contributed by atoms with Gasteiger partial charge in [-0.3, -0.25) is 19.4 Å². The number of anilines is 1. The summed E-state index contributed by atoms with van der Waals surface area (Å²) < 4.78 is 0. The number of pyridine rings is 2. The van der Waals surface area contributed by atoms with E-state index in [2.05, 4.69) is 20.6 Å². The zero-order valence-corrected chi connectivity index (χ0v) is 21.4. The van der Waals surface area contributed by atoms with Crippen molar-refractivity contribution in [1.29, 1.82) is 0 Å². The Hall–Kier alpha value is -4.92. The molecule has 0 atom stereocenters. The average molecular weight is 509 g/mol. The molecule has 0 bridgehead atoms. The van der Waals surface area contributed by atoms with Crippen molar-refractivity contribution in [3.8, 4) is 11.4 Å². The zero-order valence-electron chi connectivity index (χ0n) is 21.4. The maximum atomic E-state index is 13.4. The molecule has 0 aliphatic carbocycles. The molecule has 192 valence electrons. The molecule has 0 radical (unpaired) electrons. The van der Waals surface area contributed by atoms with Gasteiger partial charge in [-0.25, -0.2) is 9.98 Å². The van der Waals surface area contributed by atoms with Crippen LogP contribution in [-0.2, 0) is 4.79 Å². The summed E-state index contributed by atoms with van der Waals surface area (Å²) in [6, 6.07) is 17.8. The van der Waals surface area contributed by atoms with Gasteiger partial charge in [-0.15, -0.1) is 0 Å². The lowest BCUT2D eigenvalue weighted by Gasteiger charge is -2.13. The zero-order chi connectivity index (χ0) is 27.2. The Bertz CT molecular complexity index is 1540. The van der Waals surface area contributed by atoms with Crippen LogP contribution in [-0.4, -0.2) is 40.1 Å². The summed E-state index contributed by atoms with van der Waals surface area (Å²) >= 11 is 0. The van der Waals surface area contributed by atoms with Gasteiger partial charge in [-0.1, -0.05) is 17.7 Å². The predicted molar refractivity (Wildman–Crippen MR) is 148 cm³/mol. The number of hydrogen-bond acceptors (Lipinski definition) is 5. The Morgan fingerprint density at radius 2 is 1.71 bits per heavy atom. The molecule has 4 aromatic rings. The highest BCUT2D eigenvalue weighted by atomic mass is 16.2. The van der Waals surface area contributed by atoms with Gasteiger partial charge in [0.1, 0.15) is 0 Å². The third-order valence-electron chi connectivity index (χ3n) is 5.75. The highest BCUT2D eigenvalue weighted by molar-refractivity contribution is 6.13. The van der Waals surface area contributed by atoms with Crippen molar-refractivity contribution in [2.75, 3.05) is 11.9 Å². The first-order valence-electron chi connectivity index (χ1n) is 12.1. The number of nitrogens with zero attached hydrogens (tertiary/aromatic N) is 3. The van der Waals surface area contributed by atoms with Gasteiger partial charge < -0.3 is 16.4 Å². The molecule has 4 rings (SSSR count). The van der Waals surface area contributed by atoms with Crippen molar-refractivity contribution >= 4 is 40.1 Å². The van der Waals surface area contributed by atoms with E-state index in [1.54, 1.807) is 36.5 Å². The van der Waals surface area contributed by atoms with E-state index in [0.29, 0.717) is 28.2 Å². The van der Waals surface area contributed by atoms with Crippen molar-refractivity contribution in [2.45, 2.75) is 27.2 Å². The second kappa shape index (κ2) is 11.4. The summed E-state index contributed by atoms with van der Waals surface area (Å²) in [6.07, 6.45) is 1.74. The average Bonchev–Trinajstić information content (AvgIpc) is 2.88. The second-order valence-corrected chi connectivity index (χ2v) is 8.93. The summed E-state index contributed by atoms with van der Waals surface area (Å²) in [5.74, 6) is -0.859. The lowest BCUT2D eigenvalue weighted by Crippen LogP contribution is -2.26. The van der Waals surface area contributed by atoms with E-state index in [9.17, 15) is 14.4 Å². The molecule has 9 nitrogen and oxygen atoms in total. The van der Waals surface area contributed by atoms with Crippen LogP contribution >= 0.6 is 0 Å². The number of amidine groups is 1. The summed E-state index contributed by atoms with van der Waals surface area (Å²) in [7, 11) is 0. The van der Waals surface area contributed by atoms with Crippen molar-refractivity contribution in [2.24, 2.45) is 10.7 Å². The molecule has 4 N–H and O–H groups in total. The number of rotatable bonds is 7. The van der Waals surface area contributed by atoms with Gasteiger partial charge in [0, 0.05) is 35.8 Å². The molecular formula is C29H28N6O3. The number of aliphatic imine (C=N–C) groups is 1. The SMILES string of the molecule is CC(N)=NC(=O)CCNC(=O)c1ccc(NC(=O)c2cc(-c3ccccn3)nc3c(C)cc(C)cc23)cc1. The monoisotopic (exact) mass is 508 g/mol. The standard InChI is InChI=1S/C29H28N6O3/c1-17-14-18(2)27-22(15-17)23(16-25(35-27)24-6-4-5-12-31-24)29(38)34-21-9-7-20(8-10-21)28(37)32-13-11-26(36)33-19(3)30/h4-10,12,14-16H,11,13H2,1-3H3,(H,32,37)(H,34,38)(H2,30,33,36). The van der Waals surface area contributed by atoms with Crippen LogP contribution in [0.5, 0.6) is 0 Å². The minimum absolute atomic E-state index is 0.0494. The third kappa shape index (κ3) is 6.25. The first-order valence-corrected chi connectivity index (χ1v) is 12.1. The maximum Gasteiger partial charge on any atom is 0.256 e. The van der Waals surface area contributed by atoms with Gasteiger partial charge >= 0.3 is 0 Å². The smallest absolute Gasteiger partial charge is 0.256 e. The number of nitrogens with two attached hydrogens (primary N) is 1. The van der Waals surface area contributed by atoms with E-state index in [4.69, 9.17) is 10.7 Å². The van der Waals surface area contributed by atoms with Crippen LogP contribution in [0.3, 0.4) is 0 Å². The van der Waals surface area contributed by atoms with Crippen LogP contribution in [0.15, 0.2) is 71.9 Å². The van der Waals surface area contributed by atoms with E-state index in [0.717, 1.165) is 22.0 Å². The van der Waals surface area contributed by atoms with Gasteiger partial charge in [0.2, 0.25) is 5.91 Å². The topological polar surface area (TPSA) is 139 Å². The molecule has 38 heavy (non-hydrogen) atoms. The lowest BCUT2D eigenvalue weighted by molar-refractivity contribution is -0.117. The van der Waals surface area contributed by atoms with Crippen LogP contribution in [0.4, 0.5) is 5.69 Å². The van der Waals surface area contributed by atoms with E-state index in [1.165, 1.54) is 6.92 Å². The number of amides is 3. The van der Waals surface area contributed by atoms with Crippen LogP contribution in [0.1, 0.15) is 45.2 Å². The van der Waals surface area contributed by atoms with Gasteiger partial charge in [-0.05, 0) is 74.9 Å². The number of fused-ring (bicyclic) bond motifs is 1. The van der Waals surface area contributed by atoms with Crippen LogP contribution in [0.25, 0.3) is 22.3 Å². The molecule has 0 spiro atoms. The summed E-state index contributed by atoms with van der Waals surface area (Å²) in [6.45, 7) is 5.61. The largest absolute Gasteiger partial charge is 0.387 e. The Kier molecular flexibility index (Phi) is 7.86. The molecule has 0 unspecified atom stereocenters. The molecule has 2 heterocycles. The number of aryl methyl sites for hydroxylation is 2. The first kappa shape index (κ1) is 26.2. The Balaban J connectivity index is 1.53. The van der Waals surface area contributed by atoms with Gasteiger partial charge in [0.15, 0.2) is 0 Å². The van der Waals surface area contributed by atoms with Gasteiger partial charge in [0.05, 0.1) is 28.3 Å². The molecule has 9 heteroatoms. The van der Waals surface area contributed by atoms with Crippen molar-refractivity contribution < 1.29 is 14.4 Å². The predicted octanol–water partition coefficient (Wildman–Crippen LogP) is 4.19. The minimum Gasteiger partial charge on any atom is -0.387 e. The van der Waals surface area contributed by atoms with E-state index < -0.39 is 5.91 Å². The highest BCUT2D eigenvalue weighted by Gasteiger charge is 2.17. The minimum atomic E-state index is -0.399. The van der Waals surface area contributed by atoms with E-state index in [1.807, 2.05) is 44.2 Å². The maximum absolute atomic E-state index is 13.4. The van der Waals surface area contributed by atoms with Gasteiger partial charge in [-0.2, -0.15) is 0 Å². The molecule has 2 aromatic heterocycles. The van der Waals surface area contributed by atoms with Gasteiger partial charge in [0.25, 0.3) is 11.8 Å². The fourth-order valence-corrected chi connectivity index (χ4v) is 4.06. The fraction of sp³-hybridized carbons (Fsp3) is 0.172. The van der Waals surface area contributed by atoms with Crippen molar-refractivity contribution in [3.05, 3.63) is 89.1 Å². The molecular weight excluding hydrogens is 480 g/mol. The third-order valence-corrected chi connectivity index (χ3v) is 5.75. The van der Waals surface area contributed by atoms with Crippen LogP contribution in [0.2, 0.25) is 0 Å². The fourth-order valence-electron chi connectivity index (χ4n) is 4.06. The Morgan fingerprint density at radius 1 is 0.947 bits per heavy atom. The number of hydrogen-bond donors (Lipinski definition) is 3. The van der Waals surface area contributed by atoms with E-state index >= 15 is 0 Å². The summed E-state index contributed by atoms with van der Waals surface area (Å²) in [5, 5.41) is 6.34. The molecule has 0 fully saturated rings.